The van der Waals surface area contributed by atoms with E-state index >= 15 is 0 Å². The van der Waals surface area contributed by atoms with Crippen molar-refractivity contribution in [2.75, 3.05) is 23.3 Å². The first-order chi connectivity index (χ1) is 14.0. The first-order valence-corrected chi connectivity index (χ1v) is 9.37. The highest BCUT2D eigenvalue weighted by Crippen LogP contribution is 2.28. The molecular weight excluding hydrogens is 370 g/mol. The van der Waals surface area contributed by atoms with Crippen LogP contribution in [0.25, 0.3) is 0 Å². The van der Waals surface area contributed by atoms with Gasteiger partial charge in [0.05, 0.1) is 41.8 Å². The molecule has 3 heterocycles. The van der Waals surface area contributed by atoms with Crippen LogP contribution in [0, 0.1) is 11.3 Å². The van der Waals surface area contributed by atoms with Crippen LogP contribution in [0.1, 0.15) is 19.3 Å². The van der Waals surface area contributed by atoms with E-state index in [9.17, 15) is 4.79 Å². The maximum absolute atomic E-state index is 13.0. The van der Waals surface area contributed by atoms with Crippen molar-refractivity contribution >= 4 is 23.5 Å². The predicted molar refractivity (Wildman–Crippen MR) is 111 cm³/mol. The number of rotatable bonds is 5. The van der Waals surface area contributed by atoms with Gasteiger partial charge in [-0.25, -0.2) is 4.99 Å². The van der Waals surface area contributed by atoms with Crippen LogP contribution >= 0.6 is 0 Å². The first-order valence-electron chi connectivity index (χ1n) is 9.37. The Balaban J connectivity index is 1.81. The average molecular weight is 395 g/mol. The third-order valence-electron chi connectivity index (χ3n) is 4.80. The topological polar surface area (TPSA) is 171 Å². The van der Waals surface area contributed by atoms with Crippen LogP contribution in [0.15, 0.2) is 46.6 Å². The van der Waals surface area contributed by atoms with Gasteiger partial charge in [-0.15, -0.1) is 0 Å². The number of pyridine rings is 1. The van der Waals surface area contributed by atoms with Crippen molar-refractivity contribution in [1.82, 2.24) is 10.3 Å². The number of hydrogen-bond acceptors (Lipinski definition) is 9. The minimum absolute atomic E-state index is 0.101. The fourth-order valence-corrected chi connectivity index (χ4v) is 3.22. The molecule has 0 unspecified atom stereocenters. The maximum atomic E-state index is 13.0. The third-order valence-corrected chi connectivity index (χ3v) is 4.80. The van der Waals surface area contributed by atoms with Gasteiger partial charge >= 0.3 is 0 Å². The number of piperidine rings is 1. The van der Waals surface area contributed by atoms with E-state index in [1.807, 2.05) is 12.1 Å². The van der Waals surface area contributed by atoms with E-state index in [-0.39, 0.29) is 23.9 Å². The lowest BCUT2D eigenvalue weighted by molar-refractivity contribution is -0.113. The Morgan fingerprint density at radius 2 is 2.17 bits per heavy atom. The monoisotopic (exact) mass is 395 g/mol. The Morgan fingerprint density at radius 3 is 2.79 bits per heavy atom. The summed E-state index contributed by atoms with van der Waals surface area (Å²) in [7, 11) is 0. The van der Waals surface area contributed by atoms with Crippen molar-refractivity contribution in [1.29, 1.82) is 5.26 Å². The molecule has 0 bridgehead atoms. The molecule has 1 aromatic rings. The smallest absolute Gasteiger partial charge is 0.258 e. The zero-order chi connectivity index (χ0) is 20.8. The Kier molecular flexibility index (Phi) is 6.56. The van der Waals surface area contributed by atoms with Gasteiger partial charge in [0.15, 0.2) is 0 Å². The SMILES string of the molecule is N#CCC1=CN/C(=C(/C(=O)Nc2cnccc2N2CCC(N)CC2)C(N)N)N=C1. The molecule has 1 aromatic heterocycles. The molecule has 1 amide bonds. The fraction of sp³-hybridized carbons (Fsp3) is 0.368. The molecule has 8 N–H and O–H groups in total. The average Bonchev–Trinajstić information content (AvgIpc) is 2.70. The summed E-state index contributed by atoms with van der Waals surface area (Å²) in [6.07, 6.45) is 7.32. The van der Waals surface area contributed by atoms with Gasteiger partial charge in [-0.05, 0) is 18.9 Å². The number of aliphatic imine (C=N–C) groups is 1. The molecule has 0 radical (unpaired) electrons. The number of hydrogen-bond donors (Lipinski definition) is 5. The van der Waals surface area contributed by atoms with Gasteiger partial charge in [-0.2, -0.15) is 5.26 Å². The van der Waals surface area contributed by atoms with Gasteiger partial charge in [-0.3, -0.25) is 9.78 Å². The van der Waals surface area contributed by atoms with Gasteiger partial charge in [0, 0.05) is 43.3 Å². The highest BCUT2D eigenvalue weighted by molar-refractivity contribution is 6.06. The summed E-state index contributed by atoms with van der Waals surface area (Å²) in [5.41, 5.74) is 19.9. The molecule has 2 aliphatic rings. The van der Waals surface area contributed by atoms with E-state index in [0.717, 1.165) is 31.6 Å². The Morgan fingerprint density at radius 1 is 1.41 bits per heavy atom. The van der Waals surface area contributed by atoms with Crippen molar-refractivity contribution in [3.05, 3.63) is 41.6 Å². The lowest BCUT2D eigenvalue weighted by atomic mass is 10.1. The Labute approximate surface area is 169 Å². The zero-order valence-electron chi connectivity index (χ0n) is 16.0. The van der Waals surface area contributed by atoms with Crippen LogP contribution in [0.5, 0.6) is 0 Å². The van der Waals surface area contributed by atoms with Crippen molar-refractivity contribution in [2.24, 2.45) is 22.2 Å². The number of amides is 1. The molecule has 2 aliphatic heterocycles. The standard InChI is InChI=1S/C19H25N9O/c20-5-1-12-9-25-18(26-10-12)16(17(22)23)19(29)27-14-11-24-6-2-15(14)28-7-3-13(21)4-8-28/h2,6,9-11,13,17,25H,1,3-4,7-8,21-23H2,(H,27,29)/b18-16-. The molecule has 10 nitrogen and oxygen atoms in total. The second kappa shape index (κ2) is 9.29. The molecule has 152 valence electrons. The number of nitrogens with zero attached hydrogens (tertiary/aromatic N) is 4. The number of carbonyl (C=O) groups excluding carboxylic acids is 1. The lowest BCUT2D eigenvalue weighted by Crippen LogP contribution is -2.41. The summed E-state index contributed by atoms with van der Waals surface area (Å²) >= 11 is 0. The number of nitriles is 1. The minimum Gasteiger partial charge on any atom is -0.370 e. The summed E-state index contributed by atoms with van der Waals surface area (Å²) in [5, 5.41) is 14.5. The number of allylic oxidation sites excluding steroid dienone is 1. The number of carbonyl (C=O) groups is 1. The van der Waals surface area contributed by atoms with E-state index in [0.29, 0.717) is 11.3 Å². The van der Waals surface area contributed by atoms with Crippen molar-refractivity contribution < 1.29 is 4.79 Å². The summed E-state index contributed by atoms with van der Waals surface area (Å²) in [6, 6.07) is 4.09. The van der Waals surface area contributed by atoms with E-state index in [2.05, 4.69) is 25.5 Å². The quantitative estimate of drug-likeness (QED) is 0.339. The van der Waals surface area contributed by atoms with Crippen LogP contribution in [-0.2, 0) is 4.79 Å². The molecule has 3 rings (SSSR count). The fourth-order valence-electron chi connectivity index (χ4n) is 3.22. The summed E-state index contributed by atoms with van der Waals surface area (Å²) in [4.78, 5) is 23.5. The van der Waals surface area contributed by atoms with E-state index in [1.165, 1.54) is 6.21 Å². The summed E-state index contributed by atoms with van der Waals surface area (Å²) < 4.78 is 0. The van der Waals surface area contributed by atoms with Crippen LogP contribution in [0.2, 0.25) is 0 Å². The Hall–Kier alpha value is -3.26. The van der Waals surface area contributed by atoms with Gasteiger partial charge in [0.2, 0.25) is 0 Å². The highest BCUT2D eigenvalue weighted by atomic mass is 16.1. The largest absolute Gasteiger partial charge is 0.370 e. The van der Waals surface area contributed by atoms with Gasteiger partial charge < -0.3 is 32.7 Å². The van der Waals surface area contributed by atoms with Gasteiger partial charge in [0.25, 0.3) is 5.91 Å². The number of nitrogens with two attached hydrogens (primary N) is 3. The van der Waals surface area contributed by atoms with Gasteiger partial charge in [0.1, 0.15) is 5.82 Å². The molecule has 29 heavy (non-hydrogen) atoms. The molecule has 0 spiro atoms. The molecule has 0 atom stereocenters. The van der Waals surface area contributed by atoms with Crippen LogP contribution < -0.4 is 32.7 Å². The second-order valence-corrected chi connectivity index (χ2v) is 6.92. The molecule has 0 aromatic carbocycles. The molecule has 0 saturated carbocycles. The number of aromatic nitrogens is 1. The first kappa shape index (κ1) is 20.5. The van der Waals surface area contributed by atoms with E-state index in [1.54, 1.807) is 18.6 Å². The van der Waals surface area contributed by atoms with Gasteiger partial charge in [-0.1, -0.05) is 0 Å². The maximum Gasteiger partial charge on any atom is 0.258 e. The van der Waals surface area contributed by atoms with Crippen LogP contribution in [0.4, 0.5) is 11.4 Å². The van der Waals surface area contributed by atoms with E-state index < -0.39 is 12.1 Å². The van der Waals surface area contributed by atoms with E-state index in [4.69, 9.17) is 22.5 Å². The van der Waals surface area contributed by atoms with Crippen molar-refractivity contribution in [3.63, 3.8) is 0 Å². The minimum atomic E-state index is -1.05. The zero-order valence-corrected chi connectivity index (χ0v) is 16.0. The number of nitrogens with one attached hydrogen (secondary N) is 2. The third kappa shape index (κ3) is 4.97. The number of anilines is 2. The molecule has 10 heteroatoms. The Bertz CT molecular complexity index is 889. The summed E-state index contributed by atoms with van der Waals surface area (Å²) in [5.74, 6) is -0.228. The predicted octanol–water partition coefficient (Wildman–Crippen LogP) is -0.126. The molecule has 1 saturated heterocycles. The molecule has 0 aliphatic carbocycles. The highest BCUT2D eigenvalue weighted by Gasteiger charge is 2.24. The van der Waals surface area contributed by atoms with Crippen LogP contribution in [0.3, 0.4) is 0 Å². The lowest BCUT2D eigenvalue weighted by Gasteiger charge is -2.33. The van der Waals surface area contributed by atoms with Crippen LogP contribution in [-0.4, -0.2) is 42.4 Å². The van der Waals surface area contributed by atoms with Crippen molar-refractivity contribution in [2.45, 2.75) is 31.5 Å². The van der Waals surface area contributed by atoms with Crippen molar-refractivity contribution in [3.8, 4) is 6.07 Å². The molecular formula is C19H25N9O. The summed E-state index contributed by atoms with van der Waals surface area (Å²) in [6.45, 7) is 1.60. The second-order valence-electron chi connectivity index (χ2n) is 6.92. The molecule has 1 fully saturated rings. The normalized spacial score (nSPS) is 18.7.